The monoisotopic (exact) mass is 298 g/mol. The first kappa shape index (κ1) is 15.4. The summed E-state index contributed by atoms with van der Waals surface area (Å²) in [5, 5.41) is 2.85. The van der Waals surface area contributed by atoms with Crippen molar-refractivity contribution in [2.75, 3.05) is 19.0 Å². The Hall–Kier alpha value is -1.95. The number of rotatable bonds is 5. The van der Waals surface area contributed by atoms with Gasteiger partial charge in [-0.25, -0.2) is 0 Å². The van der Waals surface area contributed by atoms with E-state index in [1.165, 1.54) is 24.7 Å². The van der Waals surface area contributed by atoms with Crippen molar-refractivity contribution in [2.24, 2.45) is 0 Å². The maximum absolute atomic E-state index is 13.2. The second kappa shape index (κ2) is 6.22. The van der Waals surface area contributed by atoms with Crippen molar-refractivity contribution < 1.29 is 17.6 Å². The fraction of sp³-hybridized carbons (Fsp3) is 0.333. The minimum atomic E-state index is -4.39. The second-order valence-electron chi connectivity index (χ2n) is 4.87. The third-order valence-corrected chi connectivity index (χ3v) is 3.16. The highest BCUT2D eigenvalue weighted by atomic mass is 19.4. The molecule has 0 aliphatic rings. The van der Waals surface area contributed by atoms with E-state index in [0.717, 1.165) is 5.56 Å². The topological polar surface area (TPSA) is 28.4 Å². The van der Waals surface area contributed by atoms with Crippen LogP contribution in [0.2, 0.25) is 0 Å². The lowest BCUT2D eigenvalue weighted by Gasteiger charge is -2.23. The number of anilines is 1. The maximum Gasteiger partial charge on any atom is 0.418 e. The predicted octanol–water partition coefficient (Wildman–Crippen LogP) is 3.65. The molecule has 0 saturated carbocycles. The normalized spacial score (nSPS) is 11.7. The summed E-state index contributed by atoms with van der Waals surface area (Å²) in [7, 11) is 3.33. The molecule has 0 saturated heterocycles. The molecule has 1 heterocycles. The van der Waals surface area contributed by atoms with E-state index in [1.807, 2.05) is 0 Å². The molecule has 0 atom stereocenters. The van der Waals surface area contributed by atoms with Crippen LogP contribution in [0.15, 0.2) is 41.2 Å². The van der Waals surface area contributed by atoms with Crippen molar-refractivity contribution in [3.63, 3.8) is 0 Å². The van der Waals surface area contributed by atoms with E-state index in [1.54, 1.807) is 31.1 Å². The van der Waals surface area contributed by atoms with Gasteiger partial charge < -0.3 is 14.6 Å². The third-order valence-electron chi connectivity index (χ3n) is 3.16. The van der Waals surface area contributed by atoms with Crippen LogP contribution in [0.3, 0.4) is 0 Å². The van der Waals surface area contributed by atoms with Gasteiger partial charge in [-0.05, 0) is 30.8 Å². The molecule has 1 aromatic carbocycles. The van der Waals surface area contributed by atoms with Crippen molar-refractivity contribution in [1.29, 1.82) is 0 Å². The fourth-order valence-electron chi connectivity index (χ4n) is 2.20. The molecule has 0 bridgehead atoms. The Kier molecular flexibility index (Phi) is 4.57. The number of halogens is 3. The molecule has 0 spiro atoms. The second-order valence-corrected chi connectivity index (χ2v) is 4.87. The molecule has 0 aliphatic heterocycles. The van der Waals surface area contributed by atoms with Crippen molar-refractivity contribution in [3.8, 4) is 0 Å². The zero-order chi connectivity index (χ0) is 15.5. The number of benzene rings is 1. The lowest BCUT2D eigenvalue weighted by molar-refractivity contribution is -0.137. The summed E-state index contributed by atoms with van der Waals surface area (Å²) < 4.78 is 44.7. The minimum absolute atomic E-state index is 0.156. The van der Waals surface area contributed by atoms with Crippen molar-refractivity contribution in [3.05, 3.63) is 53.5 Å². The molecule has 0 unspecified atom stereocenters. The summed E-state index contributed by atoms with van der Waals surface area (Å²) in [4.78, 5) is 1.57. The highest BCUT2D eigenvalue weighted by Crippen LogP contribution is 2.37. The fourth-order valence-corrected chi connectivity index (χ4v) is 2.20. The molecule has 6 heteroatoms. The first-order valence-electron chi connectivity index (χ1n) is 6.48. The van der Waals surface area contributed by atoms with Gasteiger partial charge in [0.1, 0.15) is 0 Å². The van der Waals surface area contributed by atoms with E-state index in [9.17, 15) is 13.2 Å². The summed E-state index contributed by atoms with van der Waals surface area (Å²) in [6.45, 7) is 0.750. The Labute approximate surface area is 121 Å². The zero-order valence-electron chi connectivity index (χ0n) is 11.9. The SMILES string of the molecule is CNCc1ccc(N(C)Cc2ccoc2)c(C(F)(F)F)c1. The molecule has 0 amide bonds. The third kappa shape index (κ3) is 3.78. The standard InChI is InChI=1S/C15H17F3N2O/c1-19-8-11-3-4-14(13(7-11)15(16,17)18)20(2)9-12-5-6-21-10-12/h3-7,10,19H,8-9H2,1-2H3. The van der Waals surface area contributed by atoms with Gasteiger partial charge in [0.15, 0.2) is 0 Å². The average Bonchev–Trinajstić information content (AvgIpc) is 2.91. The Balaban J connectivity index is 2.33. The van der Waals surface area contributed by atoms with E-state index in [0.29, 0.717) is 18.7 Å². The predicted molar refractivity (Wildman–Crippen MR) is 75.0 cm³/mol. The molecular weight excluding hydrogens is 281 g/mol. The first-order valence-corrected chi connectivity index (χ1v) is 6.48. The van der Waals surface area contributed by atoms with E-state index in [2.05, 4.69) is 5.32 Å². The number of nitrogens with one attached hydrogen (secondary N) is 1. The van der Waals surface area contributed by atoms with E-state index in [4.69, 9.17) is 4.42 Å². The summed E-state index contributed by atoms with van der Waals surface area (Å²) in [6.07, 6.45) is -1.35. The van der Waals surface area contributed by atoms with Gasteiger partial charge in [0.05, 0.1) is 18.1 Å². The van der Waals surface area contributed by atoms with Crippen LogP contribution in [0.4, 0.5) is 18.9 Å². The molecular formula is C15H17F3N2O. The quantitative estimate of drug-likeness (QED) is 0.913. The van der Waals surface area contributed by atoms with E-state index >= 15 is 0 Å². The van der Waals surface area contributed by atoms with E-state index in [-0.39, 0.29) is 5.69 Å². The number of hydrogen-bond acceptors (Lipinski definition) is 3. The molecule has 3 nitrogen and oxygen atoms in total. The van der Waals surface area contributed by atoms with Crippen LogP contribution in [-0.4, -0.2) is 14.1 Å². The molecule has 1 aromatic heterocycles. The summed E-state index contributed by atoms with van der Waals surface area (Å²) in [6, 6.07) is 6.14. The number of furan rings is 1. The number of alkyl halides is 3. The summed E-state index contributed by atoms with van der Waals surface area (Å²) >= 11 is 0. The Morgan fingerprint density at radius 2 is 1.95 bits per heavy atom. The number of nitrogens with zero attached hydrogens (tertiary/aromatic N) is 1. The molecule has 21 heavy (non-hydrogen) atoms. The summed E-state index contributed by atoms with van der Waals surface area (Å²) in [5.74, 6) is 0. The van der Waals surface area contributed by atoms with Gasteiger partial charge in [-0.3, -0.25) is 0 Å². The smallest absolute Gasteiger partial charge is 0.418 e. The van der Waals surface area contributed by atoms with Gasteiger partial charge in [0, 0.05) is 31.4 Å². The van der Waals surface area contributed by atoms with Gasteiger partial charge in [0.2, 0.25) is 0 Å². The summed E-state index contributed by atoms with van der Waals surface area (Å²) in [5.41, 5.74) is 0.958. The van der Waals surface area contributed by atoms with Gasteiger partial charge in [-0.2, -0.15) is 13.2 Å². The van der Waals surface area contributed by atoms with Crippen LogP contribution in [0.1, 0.15) is 16.7 Å². The Morgan fingerprint density at radius 1 is 1.19 bits per heavy atom. The van der Waals surface area contributed by atoms with Crippen LogP contribution < -0.4 is 10.2 Å². The molecule has 0 fully saturated rings. The molecule has 0 radical (unpaired) electrons. The Bertz CT molecular complexity index is 579. The zero-order valence-corrected chi connectivity index (χ0v) is 11.9. The van der Waals surface area contributed by atoms with Crippen LogP contribution in [0, 0.1) is 0 Å². The van der Waals surface area contributed by atoms with Gasteiger partial charge in [-0.1, -0.05) is 6.07 Å². The van der Waals surface area contributed by atoms with Crippen molar-refractivity contribution in [1.82, 2.24) is 5.32 Å². The highest BCUT2D eigenvalue weighted by Gasteiger charge is 2.34. The van der Waals surface area contributed by atoms with Gasteiger partial charge >= 0.3 is 6.18 Å². The molecule has 0 aliphatic carbocycles. The highest BCUT2D eigenvalue weighted by molar-refractivity contribution is 5.56. The van der Waals surface area contributed by atoms with Crippen LogP contribution in [0.25, 0.3) is 0 Å². The van der Waals surface area contributed by atoms with Crippen LogP contribution in [-0.2, 0) is 19.3 Å². The lowest BCUT2D eigenvalue weighted by atomic mass is 10.1. The average molecular weight is 298 g/mol. The van der Waals surface area contributed by atoms with Crippen molar-refractivity contribution >= 4 is 5.69 Å². The van der Waals surface area contributed by atoms with E-state index < -0.39 is 11.7 Å². The van der Waals surface area contributed by atoms with Gasteiger partial charge in [0.25, 0.3) is 0 Å². The van der Waals surface area contributed by atoms with Crippen LogP contribution >= 0.6 is 0 Å². The molecule has 114 valence electrons. The lowest BCUT2D eigenvalue weighted by Crippen LogP contribution is -2.21. The molecule has 2 aromatic rings. The minimum Gasteiger partial charge on any atom is -0.472 e. The number of hydrogen-bond donors (Lipinski definition) is 1. The molecule has 2 rings (SSSR count). The molecule has 1 N–H and O–H groups in total. The van der Waals surface area contributed by atoms with Gasteiger partial charge in [-0.15, -0.1) is 0 Å². The maximum atomic E-state index is 13.2. The largest absolute Gasteiger partial charge is 0.472 e. The Morgan fingerprint density at radius 3 is 2.52 bits per heavy atom. The first-order chi connectivity index (χ1) is 9.91. The van der Waals surface area contributed by atoms with Crippen molar-refractivity contribution in [2.45, 2.75) is 19.3 Å². The van der Waals surface area contributed by atoms with Crippen LogP contribution in [0.5, 0.6) is 0 Å².